The summed E-state index contributed by atoms with van der Waals surface area (Å²) in [6.07, 6.45) is 32.3. The average molecular weight is 690 g/mol. The van der Waals surface area contributed by atoms with E-state index in [1.165, 1.54) is 96.3 Å². The normalized spacial score (nSPS) is 13.5. The van der Waals surface area contributed by atoms with Crippen LogP contribution in [-0.4, -0.2) is 49.3 Å². The van der Waals surface area contributed by atoms with Gasteiger partial charge in [-0.1, -0.05) is 142 Å². The zero-order valence-electron chi connectivity index (χ0n) is 30.3. The van der Waals surface area contributed by atoms with Crippen molar-refractivity contribution in [3.8, 4) is 0 Å². The molecule has 47 heavy (non-hydrogen) atoms. The number of hydrogen-bond acceptors (Lipinski definition) is 8. The smallest absolute Gasteiger partial charge is 0.462 e. The predicted octanol–water partition coefficient (Wildman–Crippen LogP) is 10.3. The molecule has 0 aromatic heterocycles. The number of phosphoric ester groups is 1. The summed E-state index contributed by atoms with van der Waals surface area (Å²) in [6.45, 7) is 3.71. The number of esters is 2. The van der Waals surface area contributed by atoms with Crippen molar-refractivity contribution in [3.05, 3.63) is 12.2 Å². The number of rotatable bonds is 36. The monoisotopic (exact) mass is 689 g/mol. The molecule has 0 radical (unpaired) electrons. The number of carbonyl (C=O) groups excluding carboxylic acids is 2. The minimum atomic E-state index is -4.36. The third-order valence-corrected chi connectivity index (χ3v) is 9.14. The maximum Gasteiger partial charge on any atom is 0.472 e. The van der Waals surface area contributed by atoms with E-state index < -0.39 is 26.5 Å². The Morgan fingerprint density at radius 1 is 0.617 bits per heavy atom. The van der Waals surface area contributed by atoms with E-state index in [0.29, 0.717) is 6.42 Å². The van der Waals surface area contributed by atoms with Crippen molar-refractivity contribution in [3.63, 3.8) is 0 Å². The molecule has 0 aromatic carbocycles. The second-order valence-corrected chi connectivity index (χ2v) is 14.3. The summed E-state index contributed by atoms with van der Waals surface area (Å²) in [4.78, 5) is 34.7. The number of nitrogens with two attached hydrogens (primary N) is 1. The molecule has 9 nitrogen and oxygen atoms in total. The minimum absolute atomic E-state index is 0.0549. The molecule has 10 heteroatoms. The van der Waals surface area contributed by atoms with Crippen molar-refractivity contribution in [2.75, 3.05) is 26.4 Å². The molecule has 0 aliphatic carbocycles. The maximum absolute atomic E-state index is 12.5. The largest absolute Gasteiger partial charge is 0.472 e. The summed E-state index contributed by atoms with van der Waals surface area (Å²) in [6, 6.07) is 0. The van der Waals surface area contributed by atoms with Crippen molar-refractivity contribution in [1.29, 1.82) is 0 Å². The van der Waals surface area contributed by atoms with Gasteiger partial charge in [-0.2, -0.15) is 0 Å². The Labute approximate surface area is 288 Å². The summed E-state index contributed by atoms with van der Waals surface area (Å²) < 4.78 is 32.6. The molecule has 0 aliphatic heterocycles. The van der Waals surface area contributed by atoms with E-state index in [1.54, 1.807) is 0 Å². The Kier molecular flexibility index (Phi) is 33.7. The Bertz CT molecular complexity index is 794. The Morgan fingerprint density at radius 2 is 1.04 bits per heavy atom. The fourth-order valence-electron chi connectivity index (χ4n) is 5.28. The molecule has 0 spiro atoms. The van der Waals surface area contributed by atoms with Crippen LogP contribution in [0.15, 0.2) is 12.2 Å². The number of hydrogen-bond donors (Lipinski definition) is 2. The fourth-order valence-corrected chi connectivity index (χ4v) is 6.04. The molecule has 2 unspecified atom stereocenters. The topological polar surface area (TPSA) is 134 Å². The van der Waals surface area contributed by atoms with Gasteiger partial charge in [-0.25, -0.2) is 4.57 Å². The summed E-state index contributed by atoms with van der Waals surface area (Å²) in [5, 5.41) is 0. The molecule has 278 valence electrons. The van der Waals surface area contributed by atoms with Crippen molar-refractivity contribution in [1.82, 2.24) is 0 Å². The summed E-state index contributed by atoms with van der Waals surface area (Å²) >= 11 is 0. The van der Waals surface area contributed by atoms with Crippen molar-refractivity contribution in [2.24, 2.45) is 5.73 Å². The molecule has 0 fully saturated rings. The first-order valence-corrected chi connectivity index (χ1v) is 20.7. The molecule has 0 heterocycles. The number of carbonyl (C=O) groups is 2. The average Bonchev–Trinajstić information content (AvgIpc) is 3.05. The van der Waals surface area contributed by atoms with Crippen LogP contribution < -0.4 is 5.73 Å². The summed E-state index contributed by atoms with van der Waals surface area (Å²) in [5.74, 6) is -0.834. The lowest BCUT2D eigenvalue weighted by Gasteiger charge is -2.19. The summed E-state index contributed by atoms with van der Waals surface area (Å²) in [5.41, 5.74) is 5.33. The molecule has 0 saturated heterocycles. The number of phosphoric acid groups is 1. The quantitative estimate of drug-likeness (QED) is 0.0285. The predicted molar refractivity (Wildman–Crippen MR) is 192 cm³/mol. The van der Waals surface area contributed by atoms with Crippen molar-refractivity contribution < 1.29 is 37.6 Å². The van der Waals surface area contributed by atoms with Gasteiger partial charge < -0.3 is 20.1 Å². The number of ether oxygens (including phenoxy) is 2. The Balaban J connectivity index is 4.22. The van der Waals surface area contributed by atoms with E-state index in [2.05, 4.69) is 26.0 Å². The third-order valence-electron chi connectivity index (χ3n) is 8.15. The number of unbranched alkanes of at least 4 members (excludes halogenated alkanes) is 21. The van der Waals surface area contributed by atoms with E-state index >= 15 is 0 Å². The highest BCUT2D eigenvalue weighted by atomic mass is 31.2. The van der Waals surface area contributed by atoms with Crippen LogP contribution in [0.25, 0.3) is 0 Å². The highest BCUT2D eigenvalue weighted by Gasteiger charge is 2.25. The Hall–Kier alpha value is -1.25. The minimum Gasteiger partial charge on any atom is -0.462 e. The van der Waals surface area contributed by atoms with Crippen LogP contribution in [0, 0.1) is 0 Å². The molecule has 0 amide bonds. The van der Waals surface area contributed by atoms with Crippen LogP contribution in [0.2, 0.25) is 0 Å². The van der Waals surface area contributed by atoms with Gasteiger partial charge in [0.2, 0.25) is 0 Å². The molecule has 0 bridgehead atoms. The summed E-state index contributed by atoms with van der Waals surface area (Å²) in [7, 11) is -4.36. The molecule has 0 aromatic rings. The molecular formula is C37H72NO8P. The van der Waals surface area contributed by atoms with Crippen LogP contribution in [-0.2, 0) is 32.7 Å². The van der Waals surface area contributed by atoms with Crippen molar-refractivity contribution in [2.45, 2.75) is 187 Å². The standard InChI is InChI=1S/C37H72NO8P/c1-3-5-7-9-11-13-15-17-19-21-23-25-27-29-36(39)43-33-35(34-45-47(41,42)44-32-31-38)46-37(40)30-28-26-24-22-20-18-16-14-12-10-8-6-4-2/h13,15,35H,3-12,14,16-34,38H2,1-2H3,(H,41,42). The van der Waals surface area contributed by atoms with Gasteiger partial charge in [-0.3, -0.25) is 18.6 Å². The molecule has 0 aliphatic rings. The van der Waals surface area contributed by atoms with Crippen LogP contribution >= 0.6 is 7.82 Å². The first-order valence-electron chi connectivity index (χ1n) is 19.2. The van der Waals surface area contributed by atoms with E-state index in [-0.39, 0.29) is 38.6 Å². The molecule has 0 saturated carbocycles. The van der Waals surface area contributed by atoms with Gasteiger partial charge in [0.15, 0.2) is 6.10 Å². The zero-order valence-corrected chi connectivity index (χ0v) is 31.2. The van der Waals surface area contributed by atoms with E-state index in [1.807, 2.05) is 0 Å². The second-order valence-electron chi connectivity index (χ2n) is 12.8. The van der Waals surface area contributed by atoms with Gasteiger partial charge in [0, 0.05) is 19.4 Å². The van der Waals surface area contributed by atoms with Gasteiger partial charge >= 0.3 is 19.8 Å². The first kappa shape index (κ1) is 45.8. The molecule has 3 N–H and O–H groups in total. The lowest BCUT2D eigenvalue weighted by Crippen LogP contribution is -2.29. The highest BCUT2D eigenvalue weighted by Crippen LogP contribution is 2.43. The molecular weight excluding hydrogens is 617 g/mol. The van der Waals surface area contributed by atoms with E-state index in [0.717, 1.165) is 51.4 Å². The van der Waals surface area contributed by atoms with Gasteiger partial charge in [-0.05, 0) is 38.5 Å². The number of allylic oxidation sites excluding steroid dienone is 2. The SMILES string of the molecule is CCCCCCC=CCCCCCCCC(=O)OCC(COP(=O)(O)OCCN)OC(=O)CCCCCCCCCCCCCCC. The van der Waals surface area contributed by atoms with E-state index in [9.17, 15) is 19.0 Å². The van der Waals surface area contributed by atoms with Crippen LogP contribution in [0.1, 0.15) is 181 Å². The van der Waals surface area contributed by atoms with Gasteiger partial charge in [0.05, 0.1) is 13.2 Å². The Morgan fingerprint density at radius 3 is 1.53 bits per heavy atom. The molecule has 2 atom stereocenters. The lowest BCUT2D eigenvalue weighted by atomic mass is 10.0. The van der Waals surface area contributed by atoms with Crippen molar-refractivity contribution >= 4 is 19.8 Å². The van der Waals surface area contributed by atoms with Crippen LogP contribution in [0.5, 0.6) is 0 Å². The van der Waals surface area contributed by atoms with Crippen LogP contribution in [0.4, 0.5) is 0 Å². The highest BCUT2D eigenvalue weighted by molar-refractivity contribution is 7.47. The fraction of sp³-hybridized carbons (Fsp3) is 0.892. The van der Waals surface area contributed by atoms with Gasteiger partial charge in [0.1, 0.15) is 6.61 Å². The van der Waals surface area contributed by atoms with Gasteiger partial charge in [0.25, 0.3) is 0 Å². The van der Waals surface area contributed by atoms with Crippen LogP contribution in [0.3, 0.4) is 0 Å². The van der Waals surface area contributed by atoms with E-state index in [4.69, 9.17) is 24.3 Å². The third kappa shape index (κ3) is 34.4. The zero-order chi connectivity index (χ0) is 34.7. The lowest BCUT2D eigenvalue weighted by molar-refractivity contribution is -0.161. The maximum atomic E-state index is 12.5. The first-order chi connectivity index (χ1) is 22.8. The second kappa shape index (κ2) is 34.6. The van der Waals surface area contributed by atoms with Gasteiger partial charge in [-0.15, -0.1) is 0 Å². The molecule has 0 rings (SSSR count).